The van der Waals surface area contributed by atoms with Gasteiger partial charge in [-0.25, -0.2) is 0 Å². The van der Waals surface area contributed by atoms with Gasteiger partial charge in [-0.2, -0.15) is 0 Å². The van der Waals surface area contributed by atoms with E-state index in [-0.39, 0.29) is 17.2 Å². The maximum absolute atomic E-state index is 12.9. The molecule has 0 radical (unpaired) electrons. The van der Waals surface area contributed by atoms with E-state index >= 15 is 0 Å². The van der Waals surface area contributed by atoms with Crippen LogP contribution >= 0.6 is 11.6 Å². The molecular formula is C23H19ClN2O5. The number of rotatable bonds is 6. The maximum atomic E-state index is 12.9. The summed E-state index contributed by atoms with van der Waals surface area (Å²) >= 11 is 6.51. The Bertz CT molecular complexity index is 1270. The number of aromatic nitrogens is 2. The molecule has 3 heterocycles. The Labute approximate surface area is 182 Å². The smallest absolute Gasteiger partial charge is 0.237 e. The molecule has 0 bridgehead atoms. The van der Waals surface area contributed by atoms with Crippen molar-refractivity contribution < 1.29 is 23.9 Å². The molecule has 31 heavy (non-hydrogen) atoms. The third kappa shape index (κ3) is 3.66. The second kappa shape index (κ2) is 7.76. The molecule has 1 aliphatic rings. The number of aryl methyl sites for hydroxylation is 1. The van der Waals surface area contributed by atoms with Gasteiger partial charge < -0.3 is 24.1 Å². The van der Waals surface area contributed by atoms with Crippen molar-refractivity contribution in [3.8, 4) is 22.8 Å². The Balaban J connectivity index is 1.49. The van der Waals surface area contributed by atoms with Crippen LogP contribution in [-0.2, 0) is 4.74 Å². The van der Waals surface area contributed by atoms with E-state index in [2.05, 4.69) is 10.1 Å². The van der Waals surface area contributed by atoms with Crippen molar-refractivity contribution in [2.45, 2.75) is 6.92 Å². The van der Waals surface area contributed by atoms with Gasteiger partial charge in [0, 0.05) is 22.9 Å². The minimum atomic E-state index is -0.457. The first kappa shape index (κ1) is 19.7. The van der Waals surface area contributed by atoms with Gasteiger partial charge in [-0.3, -0.25) is 4.79 Å². The maximum Gasteiger partial charge on any atom is 0.237 e. The molecule has 2 aromatic carbocycles. The highest BCUT2D eigenvalue weighted by atomic mass is 35.5. The summed E-state index contributed by atoms with van der Waals surface area (Å²) in [6, 6.07) is 12.6. The van der Waals surface area contributed by atoms with Crippen molar-refractivity contribution in [2.75, 3.05) is 19.8 Å². The average molecular weight is 439 g/mol. The van der Waals surface area contributed by atoms with Crippen LogP contribution in [0.15, 0.2) is 47.0 Å². The van der Waals surface area contributed by atoms with Gasteiger partial charge >= 0.3 is 0 Å². The zero-order valence-electron chi connectivity index (χ0n) is 16.6. The molecule has 0 saturated carbocycles. The molecule has 0 amide bonds. The van der Waals surface area contributed by atoms with Gasteiger partial charge in [-0.15, -0.1) is 0 Å². The third-order valence-electron chi connectivity index (χ3n) is 5.30. The van der Waals surface area contributed by atoms with Crippen LogP contribution in [0.25, 0.3) is 22.0 Å². The van der Waals surface area contributed by atoms with E-state index in [4.69, 9.17) is 25.6 Å². The minimum Gasteiger partial charge on any atom is -0.494 e. The van der Waals surface area contributed by atoms with Gasteiger partial charge in [-0.05, 0) is 36.8 Å². The lowest BCUT2D eigenvalue weighted by atomic mass is 10.0. The number of fused-ring (bicyclic) bond motifs is 1. The Morgan fingerprint density at radius 3 is 2.68 bits per heavy atom. The number of aromatic amines is 1. The summed E-state index contributed by atoms with van der Waals surface area (Å²) in [6.07, 6.45) is 0. The molecule has 2 N–H and O–H groups in total. The Kier molecular flexibility index (Phi) is 4.92. The van der Waals surface area contributed by atoms with E-state index < -0.39 is 5.78 Å². The van der Waals surface area contributed by atoms with Crippen LogP contribution in [0.1, 0.15) is 21.8 Å². The zero-order valence-corrected chi connectivity index (χ0v) is 17.4. The number of aromatic hydroxyl groups is 1. The van der Waals surface area contributed by atoms with Gasteiger partial charge in [-0.1, -0.05) is 28.9 Å². The molecule has 1 fully saturated rings. The molecule has 0 unspecified atom stereocenters. The molecular weight excluding hydrogens is 420 g/mol. The Morgan fingerprint density at radius 2 is 2.03 bits per heavy atom. The lowest BCUT2D eigenvalue weighted by molar-refractivity contribution is -0.0508. The Morgan fingerprint density at radius 1 is 1.26 bits per heavy atom. The first-order valence-corrected chi connectivity index (χ1v) is 10.2. The number of H-pyrrole nitrogens is 1. The fourth-order valence-corrected chi connectivity index (χ4v) is 3.84. The van der Waals surface area contributed by atoms with Crippen LogP contribution in [0, 0.1) is 12.8 Å². The summed E-state index contributed by atoms with van der Waals surface area (Å²) < 4.78 is 16.0. The molecule has 8 heteroatoms. The first-order chi connectivity index (χ1) is 15.0. The monoisotopic (exact) mass is 438 g/mol. The largest absolute Gasteiger partial charge is 0.494 e. The summed E-state index contributed by atoms with van der Waals surface area (Å²) in [5, 5.41) is 15.2. The second-order valence-electron chi connectivity index (χ2n) is 7.63. The second-order valence-corrected chi connectivity index (χ2v) is 8.03. The molecule has 0 spiro atoms. The number of halogens is 1. The van der Waals surface area contributed by atoms with Gasteiger partial charge in [0.25, 0.3) is 0 Å². The molecule has 4 aromatic rings. The van der Waals surface area contributed by atoms with Crippen molar-refractivity contribution in [2.24, 2.45) is 5.92 Å². The number of nitrogens with zero attached hydrogens (tertiary/aromatic N) is 1. The number of nitrogens with one attached hydrogen (secondary N) is 1. The molecule has 2 aromatic heterocycles. The van der Waals surface area contributed by atoms with E-state index in [1.165, 1.54) is 6.07 Å². The van der Waals surface area contributed by atoms with Gasteiger partial charge in [0.05, 0.1) is 41.6 Å². The van der Waals surface area contributed by atoms with Crippen molar-refractivity contribution in [1.82, 2.24) is 10.1 Å². The number of ether oxygens (including phenoxy) is 2. The topological polar surface area (TPSA) is 97.6 Å². The summed E-state index contributed by atoms with van der Waals surface area (Å²) in [7, 11) is 0. The van der Waals surface area contributed by atoms with Crippen LogP contribution in [0.2, 0.25) is 5.02 Å². The summed E-state index contributed by atoms with van der Waals surface area (Å²) in [6.45, 7) is 3.83. The summed E-state index contributed by atoms with van der Waals surface area (Å²) in [5.74, 6) is 0.571. The first-order valence-electron chi connectivity index (χ1n) is 9.83. The standard InChI is InChI=1S/C23H19ClN2O5/c1-12-6-20(31-26-12)22(27)21-17-7-16(18(24)8-19(17)25-23(21)28)14-2-4-15(5-3-14)30-11-13-9-29-10-13/h2-8,13,25,28H,9-11H2,1H3. The van der Waals surface area contributed by atoms with Gasteiger partial charge in [0.15, 0.2) is 0 Å². The van der Waals surface area contributed by atoms with E-state index in [0.717, 1.165) is 30.1 Å². The highest BCUT2D eigenvalue weighted by molar-refractivity contribution is 6.34. The summed E-state index contributed by atoms with van der Waals surface area (Å²) in [4.78, 5) is 15.7. The number of benzene rings is 2. The van der Waals surface area contributed by atoms with Crippen molar-refractivity contribution in [3.05, 3.63) is 64.5 Å². The van der Waals surface area contributed by atoms with E-state index in [1.54, 1.807) is 19.1 Å². The molecule has 0 aliphatic carbocycles. The van der Waals surface area contributed by atoms with E-state index in [0.29, 0.717) is 34.1 Å². The normalized spacial score (nSPS) is 14.0. The highest BCUT2D eigenvalue weighted by Gasteiger charge is 2.24. The van der Waals surface area contributed by atoms with Crippen LogP contribution < -0.4 is 4.74 Å². The molecule has 5 rings (SSSR count). The number of ketones is 1. The fraction of sp³-hybridized carbons (Fsp3) is 0.217. The molecule has 1 aliphatic heterocycles. The minimum absolute atomic E-state index is 0.0589. The van der Waals surface area contributed by atoms with Gasteiger partial charge in [0.1, 0.15) is 5.75 Å². The molecule has 7 nitrogen and oxygen atoms in total. The van der Waals surface area contributed by atoms with E-state index in [1.807, 2.05) is 24.3 Å². The van der Waals surface area contributed by atoms with Crippen LogP contribution in [0.4, 0.5) is 0 Å². The predicted octanol–water partition coefficient (Wildman–Crippen LogP) is 4.75. The van der Waals surface area contributed by atoms with Crippen molar-refractivity contribution in [1.29, 1.82) is 0 Å². The lowest BCUT2D eigenvalue weighted by Gasteiger charge is -2.25. The van der Waals surface area contributed by atoms with Crippen LogP contribution in [0.3, 0.4) is 0 Å². The van der Waals surface area contributed by atoms with Crippen molar-refractivity contribution >= 4 is 28.3 Å². The average Bonchev–Trinajstić information content (AvgIpc) is 3.28. The van der Waals surface area contributed by atoms with Gasteiger partial charge in [0.2, 0.25) is 17.4 Å². The summed E-state index contributed by atoms with van der Waals surface area (Å²) in [5.41, 5.74) is 2.84. The predicted molar refractivity (Wildman–Crippen MR) is 115 cm³/mol. The zero-order chi connectivity index (χ0) is 21.5. The van der Waals surface area contributed by atoms with Crippen LogP contribution in [0.5, 0.6) is 11.6 Å². The van der Waals surface area contributed by atoms with E-state index in [9.17, 15) is 9.90 Å². The SMILES string of the molecule is Cc1cc(C(=O)c2c(O)[nH]c3cc(Cl)c(-c4ccc(OCC5COC5)cc4)cc23)on1. The van der Waals surface area contributed by atoms with Crippen molar-refractivity contribution in [3.63, 3.8) is 0 Å². The highest BCUT2D eigenvalue weighted by Crippen LogP contribution is 2.37. The molecule has 1 saturated heterocycles. The number of hydrogen-bond donors (Lipinski definition) is 2. The lowest BCUT2D eigenvalue weighted by Crippen LogP contribution is -2.32. The quantitative estimate of drug-likeness (QED) is 0.422. The third-order valence-corrected chi connectivity index (χ3v) is 5.62. The fourth-order valence-electron chi connectivity index (χ4n) is 3.57. The molecule has 0 atom stereocenters. The van der Waals surface area contributed by atoms with Crippen LogP contribution in [-0.4, -0.2) is 40.9 Å². The Hall–Kier alpha value is -3.29. The number of hydrogen-bond acceptors (Lipinski definition) is 6. The number of carbonyl (C=O) groups excluding carboxylic acids is 1. The number of carbonyl (C=O) groups is 1. The molecule has 158 valence electrons.